The van der Waals surface area contributed by atoms with Gasteiger partial charge < -0.3 is 39.9 Å². The van der Waals surface area contributed by atoms with Gasteiger partial charge in [-0.25, -0.2) is 13.9 Å². The van der Waals surface area contributed by atoms with Crippen LogP contribution in [0.2, 0.25) is 0 Å². The second-order valence-corrected chi connectivity index (χ2v) is 19.9. The molecule has 0 aromatic carbocycles. The minimum absolute atomic E-state index is 0.000376. The quantitative estimate of drug-likeness (QED) is 0.0138. The van der Waals surface area contributed by atoms with Crippen LogP contribution in [0.5, 0.6) is 0 Å². The van der Waals surface area contributed by atoms with Crippen molar-refractivity contribution in [1.82, 2.24) is 9.55 Å². The third-order valence-corrected chi connectivity index (χ3v) is 13.7. The fourth-order valence-corrected chi connectivity index (χ4v) is 9.03. The third kappa shape index (κ3) is 26.5. The fourth-order valence-electron chi connectivity index (χ4n) is 6.92. The van der Waals surface area contributed by atoms with E-state index in [1.165, 1.54) is 38.2 Å². The summed E-state index contributed by atoms with van der Waals surface area (Å²) in [6, 6.07) is 1.24. The number of phosphoric acid groups is 2. The zero-order chi connectivity index (χ0) is 48.8. The number of anilines is 1. The van der Waals surface area contributed by atoms with Gasteiger partial charge >= 0.3 is 33.3 Å². The predicted octanol–water partition coefficient (Wildman–Crippen LogP) is 8.09. The molecule has 0 saturated carbocycles. The number of aliphatic hydroxyl groups excluding tert-OH is 2. The van der Waals surface area contributed by atoms with E-state index in [0.29, 0.717) is 19.3 Å². The molecule has 0 aliphatic carbocycles. The molecule has 21 heteroatoms. The fraction of sp³-hybridized carbons (Fsp3) is 0.756. The van der Waals surface area contributed by atoms with Gasteiger partial charge in [0.2, 0.25) is 0 Å². The van der Waals surface area contributed by atoms with E-state index in [2.05, 4.69) is 30.1 Å². The van der Waals surface area contributed by atoms with Gasteiger partial charge in [0.05, 0.1) is 13.2 Å². The number of ketones is 1. The molecule has 2 rings (SSSR count). The molecule has 1 aromatic heterocycles. The number of allylic oxidation sites excluding steroid dienone is 4. The smallest absolute Gasteiger partial charge is 0.462 e. The largest absolute Gasteiger partial charge is 0.481 e. The number of nitrogens with two attached hydrogens (primary N) is 1. The molecule has 0 spiro atoms. The van der Waals surface area contributed by atoms with E-state index in [1.807, 2.05) is 12.2 Å². The van der Waals surface area contributed by atoms with E-state index in [0.717, 1.165) is 93.7 Å². The lowest BCUT2D eigenvalue weighted by molar-refractivity contribution is -0.161. The van der Waals surface area contributed by atoms with Gasteiger partial charge in [-0.1, -0.05) is 129 Å². The SMILES string of the molecule is CCCCCC(=O)/C=C/C=C\CCCCCCCC(=O)O[C@H](COC(=O)CCCCCCCCCCC(C)CC)COP(=O)(O)OP(=O)(O)OC[C@H]1O[C@@H](n2ccc(N)nc2=O)[C@H](O)[C@@H]1O. The van der Waals surface area contributed by atoms with Crippen LogP contribution in [0.25, 0.3) is 0 Å². The maximum atomic E-state index is 12.8. The number of esters is 2. The molecule has 1 aromatic rings. The molecular formula is C45H77N3O16P2. The lowest BCUT2D eigenvalue weighted by atomic mass is 9.99. The highest BCUT2D eigenvalue weighted by Gasteiger charge is 2.46. The van der Waals surface area contributed by atoms with Crippen LogP contribution in [0.3, 0.4) is 0 Å². The highest BCUT2D eigenvalue weighted by molar-refractivity contribution is 7.61. The van der Waals surface area contributed by atoms with Crippen molar-refractivity contribution in [2.24, 2.45) is 5.92 Å². The Balaban J connectivity index is 1.85. The summed E-state index contributed by atoms with van der Waals surface area (Å²) in [6.45, 7) is 4.23. The first kappa shape index (κ1) is 59.0. The number of ether oxygens (including phenoxy) is 3. The molecule has 3 unspecified atom stereocenters. The Labute approximate surface area is 390 Å². The number of nitrogen functional groups attached to an aromatic ring is 1. The van der Waals surface area contributed by atoms with Crippen LogP contribution in [-0.2, 0) is 51.1 Å². The average Bonchev–Trinajstić information content (AvgIpc) is 3.54. The predicted molar refractivity (Wildman–Crippen MR) is 248 cm³/mol. The zero-order valence-electron chi connectivity index (χ0n) is 39.2. The number of rotatable bonds is 38. The zero-order valence-corrected chi connectivity index (χ0v) is 40.9. The lowest BCUT2D eigenvalue weighted by Crippen LogP contribution is -2.36. The van der Waals surface area contributed by atoms with Gasteiger partial charge in [-0.05, 0) is 50.2 Å². The van der Waals surface area contributed by atoms with Gasteiger partial charge in [0.1, 0.15) is 30.7 Å². The van der Waals surface area contributed by atoms with Crippen LogP contribution < -0.4 is 11.4 Å². The molecule has 0 bridgehead atoms. The topological polar surface area (TPSA) is 283 Å². The number of hydrogen-bond acceptors (Lipinski definition) is 16. The van der Waals surface area contributed by atoms with Gasteiger partial charge in [0, 0.05) is 25.5 Å². The highest BCUT2D eigenvalue weighted by Crippen LogP contribution is 2.60. The van der Waals surface area contributed by atoms with Gasteiger partial charge in [0.15, 0.2) is 18.1 Å². The Bertz CT molecular complexity index is 1780. The minimum Gasteiger partial charge on any atom is -0.462 e. The molecular weight excluding hydrogens is 900 g/mol. The number of unbranched alkanes of at least 4 members (excludes halogenated alkanes) is 14. The normalized spacial score (nSPS) is 20.3. The van der Waals surface area contributed by atoms with Crippen LogP contribution in [0.15, 0.2) is 41.4 Å². The summed E-state index contributed by atoms with van der Waals surface area (Å²) in [5.41, 5.74) is 4.57. The van der Waals surface area contributed by atoms with Crippen LogP contribution in [0, 0.1) is 5.92 Å². The van der Waals surface area contributed by atoms with Crippen molar-refractivity contribution in [3.05, 3.63) is 47.1 Å². The maximum Gasteiger partial charge on any atom is 0.481 e. The van der Waals surface area contributed by atoms with Crippen molar-refractivity contribution >= 4 is 39.2 Å². The summed E-state index contributed by atoms with van der Waals surface area (Å²) < 4.78 is 56.6. The van der Waals surface area contributed by atoms with E-state index in [-0.39, 0.29) is 24.4 Å². The van der Waals surface area contributed by atoms with E-state index >= 15 is 0 Å². The van der Waals surface area contributed by atoms with E-state index in [1.54, 1.807) is 12.2 Å². The highest BCUT2D eigenvalue weighted by atomic mass is 31.3. The van der Waals surface area contributed by atoms with Crippen molar-refractivity contribution in [3.63, 3.8) is 0 Å². The van der Waals surface area contributed by atoms with Crippen LogP contribution in [0.4, 0.5) is 5.82 Å². The van der Waals surface area contributed by atoms with Gasteiger partial charge in [-0.2, -0.15) is 9.29 Å². The molecule has 19 nitrogen and oxygen atoms in total. The summed E-state index contributed by atoms with van der Waals surface area (Å²) >= 11 is 0. The standard InChI is InChI=1S/C45H77N3O16P2/c1-4-6-20-26-36(49)27-22-17-13-8-7-9-15-19-24-29-41(51)62-37(32-59-40(50)28-23-18-14-11-10-12-16-21-25-35(3)5-2)33-60-65(55,56)64-66(57,58)61-34-38-42(52)43(53)44(63-38)48-31-30-39(46)47-45(48)54/h13,17,22,27,30-31,35,37-38,42-44,52-53H,4-12,14-16,18-21,23-26,28-29,32-34H2,1-3H3,(H,55,56)(H,57,58)(H2,46,47,54)/b17-13-,27-22+/t35?,37-,38-,42-,43-,44-/m1/s1. The van der Waals surface area contributed by atoms with E-state index < -0.39 is 83.7 Å². The summed E-state index contributed by atoms with van der Waals surface area (Å²) in [6.07, 6.45) is 19.8. The molecule has 378 valence electrons. The molecule has 1 saturated heterocycles. The lowest BCUT2D eigenvalue weighted by Gasteiger charge is -2.21. The summed E-state index contributed by atoms with van der Waals surface area (Å²) in [5.74, 6) is -0.470. The van der Waals surface area contributed by atoms with Gasteiger partial charge in [-0.3, -0.25) is 28.0 Å². The first-order chi connectivity index (χ1) is 31.5. The van der Waals surface area contributed by atoms with Crippen molar-refractivity contribution in [1.29, 1.82) is 0 Å². The molecule has 0 amide bonds. The van der Waals surface area contributed by atoms with Gasteiger partial charge in [-0.15, -0.1) is 0 Å². The van der Waals surface area contributed by atoms with Crippen molar-refractivity contribution in [3.8, 4) is 0 Å². The monoisotopic (exact) mass is 977 g/mol. The molecule has 8 atom stereocenters. The van der Waals surface area contributed by atoms with Crippen molar-refractivity contribution in [2.75, 3.05) is 25.6 Å². The Kier molecular flexibility index (Phi) is 29.9. The molecule has 2 heterocycles. The second kappa shape index (κ2) is 33.4. The summed E-state index contributed by atoms with van der Waals surface area (Å²) in [7, 11) is -10.9. The van der Waals surface area contributed by atoms with Crippen LogP contribution in [0.1, 0.15) is 168 Å². The van der Waals surface area contributed by atoms with Crippen LogP contribution >= 0.6 is 15.6 Å². The van der Waals surface area contributed by atoms with Gasteiger partial charge in [0.25, 0.3) is 0 Å². The van der Waals surface area contributed by atoms with Crippen LogP contribution in [-0.4, -0.2) is 91.5 Å². The maximum absolute atomic E-state index is 12.8. The van der Waals surface area contributed by atoms with E-state index in [9.17, 15) is 48.3 Å². The summed E-state index contributed by atoms with van der Waals surface area (Å²) in [4.78, 5) is 73.5. The first-order valence-electron chi connectivity index (χ1n) is 23.7. The number of hydrogen-bond donors (Lipinski definition) is 5. The third-order valence-electron chi connectivity index (χ3n) is 11.1. The number of carbonyl (C=O) groups is 3. The van der Waals surface area contributed by atoms with E-state index in [4.69, 9.17) is 29.0 Å². The Hall–Kier alpha value is -3.09. The molecule has 1 aliphatic rings. The average molecular weight is 978 g/mol. The first-order valence-corrected chi connectivity index (χ1v) is 26.7. The number of nitrogens with zero attached hydrogens (tertiary/aromatic N) is 2. The molecule has 1 fully saturated rings. The Morgan fingerprint density at radius 1 is 0.818 bits per heavy atom. The number of carbonyl (C=O) groups excluding carboxylic acids is 3. The van der Waals surface area contributed by atoms with Crippen molar-refractivity contribution in [2.45, 2.75) is 193 Å². The van der Waals surface area contributed by atoms with Crippen molar-refractivity contribution < 1.29 is 71.1 Å². The molecule has 1 aliphatic heterocycles. The summed E-state index contributed by atoms with van der Waals surface area (Å²) in [5, 5.41) is 20.9. The minimum atomic E-state index is -5.44. The number of phosphoric ester groups is 2. The second-order valence-electron chi connectivity index (χ2n) is 16.9. The molecule has 66 heavy (non-hydrogen) atoms. The number of aromatic nitrogens is 2. The Morgan fingerprint density at radius 3 is 2.08 bits per heavy atom. The molecule has 0 radical (unpaired) electrons. The number of aliphatic hydroxyl groups is 2. The molecule has 6 N–H and O–H groups in total. The Morgan fingerprint density at radius 2 is 1.42 bits per heavy atom.